The molecule has 7 nitrogen and oxygen atoms in total. The smallest absolute Gasteiger partial charge is 0.305 e. The van der Waals surface area contributed by atoms with Crippen LogP contribution in [0.2, 0.25) is 0 Å². The third-order valence-corrected chi connectivity index (χ3v) is 8.24. The summed E-state index contributed by atoms with van der Waals surface area (Å²) in [7, 11) is -4.39. The molecule has 0 fully saturated rings. The van der Waals surface area contributed by atoms with Gasteiger partial charge in [0.15, 0.2) is 0 Å². The molecule has 0 aromatic heterocycles. The molecule has 0 saturated heterocycles. The largest absolute Gasteiger partial charge is 0.748 e. The molecule has 0 radical (unpaired) electrons. The van der Waals surface area contributed by atoms with E-state index in [1.54, 1.807) is 0 Å². The molecule has 1 aromatic carbocycles. The van der Waals surface area contributed by atoms with Crippen LogP contribution in [0.25, 0.3) is 0 Å². The Bertz CT molecular complexity index is 699. The Labute approximate surface area is 180 Å². The minimum atomic E-state index is -4.39. The average molecular weight is 692 g/mol. The van der Waals surface area contributed by atoms with Crippen LogP contribution < -0.4 is 5.32 Å². The molecule has 24 heavy (non-hydrogen) atoms. The van der Waals surface area contributed by atoms with Gasteiger partial charge in [0.2, 0.25) is 5.91 Å². The Balaban J connectivity index is 2.33. The first-order valence-electron chi connectivity index (χ1n) is 6.62. The number of benzene rings is 1. The van der Waals surface area contributed by atoms with Gasteiger partial charge in [-0.15, -0.1) is 0 Å². The van der Waals surface area contributed by atoms with Crippen molar-refractivity contribution in [2.24, 2.45) is 0 Å². The molecule has 0 spiro atoms. The van der Waals surface area contributed by atoms with Gasteiger partial charge in [-0.3, -0.25) is 9.59 Å². The number of halogens is 3. The molecule has 11 heteroatoms. The van der Waals surface area contributed by atoms with E-state index in [9.17, 15) is 22.6 Å². The molecular weight excluding hydrogens is 679 g/mol. The molecule has 0 aliphatic rings. The van der Waals surface area contributed by atoms with Crippen molar-refractivity contribution in [1.82, 2.24) is 0 Å². The first kappa shape index (κ1) is 22.3. The number of esters is 1. The molecule has 0 saturated carbocycles. The van der Waals surface area contributed by atoms with Gasteiger partial charge in [-0.2, -0.15) is 0 Å². The number of carbonyl (C=O) groups is 2. The minimum absolute atomic E-state index is 0.0198. The van der Waals surface area contributed by atoms with E-state index in [4.69, 9.17) is 0 Å². The molecular formula is C13H13I3NO6S-. The summed E-state index contributed by atoms with van der Waals surface area (Å²) in [4.78, 5) is 23.2. The molecule has 0 heterocycles. The van der Waals surface area contributed by atoms with E-state index in [1.165, 1.54) is 0 Å². The molecule has 0 aliphatic carbocycles. The standard InChI is InChI=1S/C13H14I3NO6S/c14-9-6-8(7-10(15)13(9)16)17-11(18)2-1-3-12(19)23-4-5-24(20,21)22/h6-7H,1-5H2,(H,17,18)(H,20,21,22)/p-1. The van der Waals surface area contributed by atoms with Crippen molar-refractivity contribution >= 4 is 95.5 Å². The zero-order valence-corrected chi connectivity index (χ0v) is 19.5. The maximum Gasteiger partial charge on any atom is 0.305 e. The van der Waals surface area contributed by atoms with Crippen molar-refractivity contribution in [3.8, 4) is 0 Å². The van der Waals surface area contributed by atoms with E-state index in [1.807, 2.05) is 12.1 Å². The summed E-state index contributed by atoms with van der Waals surface area (Å²) in [5.41, 5.74) is 0.692. The molecule has 1 N–H and O–H groups in total. The number of hydrogen-bond donors (Lipinski definition) is 1. The van der Waals surface area contributed by atoms with Crippen molar-refractivity contribution in [3.05, 3.63) is 22.8 Å². The van der Waals surface area contributed by atoms with Crippen LogP contribution in [0, 0.1) is 10.7 Å². The van der Waals surface area contributed by atoms with Crippen molar-refractivity contribution < 1.29 is 27.3 Å². The number of nitrogens with one attached hydrogen (secondary N) is 1. The predicted molar refractivity (Wildman–Crippen MR) is 113 cm³/mol. The van der Waals surface area contributed by atoms with Crippen LogP contribution in [0.5, 0.6) is 0 Å². The summed E-state index contributed by atoms with van der Waals surface area (Å²) in [6.07, 6.45) is 0.384. The van der Waals surface area contributed by atoms with Gasteiger partial charge in [0.05, 0.1) is 15.9 Å². The zero-order valence-electron chi connectivity index (χ0n) is 12.2. The van der Waals surface area contributed by atoms with Crippen LogP contribution in [-0.4, -0.2) is 37.2 Å². The second kappa shape index (κ2) is 10.4. The monoisotopic (exact) mass is 692 g/mol. The van der Waals surface area contributed by atoms with Crippen molar-refractivity contribution in [2.45, 2.75) is 19.3 Å². The van der Waals surface area contributed by atoms with Gasteiger partial charge < -0.3 is 14.6 Å². The van der Waals surface area contributed by atoms with Crippen LogP contribution in [-0.2, 0) is 24.4 Å². The Kier molecular flexibility index (Phi) is 9.68. The van der Waals surface area contributed by atoms with Crippen LogP contribution in [0.1, 0.15) is 19.3 Å². The molecule has 0 aliphatic heterocycles. The zero-order chi connectivity index (χ0) is 18.3. The van der Waals surface area contributed by atoms with Gasteiger partial charge in [-0.05, 0) is 86.3 Å². The number of amides is 1. The summed E-state index contributed by atoms with van der Waals surface area (Å²) in [5.74, 6) is -1.61. The van der Waals surface area contributed by atoms with E-state index in [0.717, 1.165) is 10.7 Å². The molecule has 1 aromatic rings. The highest BCUT2D eigenvalue weighted by atomic mass is 127. The Morgan fingerprint density at radius 2 is 1.71 bits per heavy atom. The molecule has 1 rings (SSSR count). The highest BCUT2D eigenvalue weighted by Crippen LogP contribution is 2.25. The maximum atomic E-state index is 11.9. The van der Waals surface area contributed by atoms with Gasteiger partial charge in [-0.25, -0.2) is 8.42 Å². The van der Waals surface area contributed by atoms with Crippen molar-refractivity contribution in [2.75, 3.05) is 17.7 Å². The van der Waals surface area contributed by atoms with E-state index in [2.05, 4.69) is 77.8 Å². The molecule has 0 bridgehead atoms. The SMILES string of the molecule is O=C(CCCC(=O)OCCS(=O)(=O)[O-])Nc1cc(I)c(I)c(I)c1. The lowest BCUT2D eigenvalue weighted by Crippen LogP contribution is -2.16. The number of anilines is 1. The second-order valence-electron chi connectivity index (χ2n) is 4.64. The van der Waals surface area contributed by atoms with E-state index in [-0.39, 0.29) is 25.2 Å². The molecule has 134 valence electrons. The summed E-state index contributed by atoms with van der Waals surface area (Å²) in [5, 5.41) is 2.76. The van der Waals surface area contributed by atoms with Crippen LogP contribution in [0.4, 0.5) is 5.69 Å². The van der Waals surface area contributed by atoms with Crippen molar-refractivity contribution in [1.29, 1.82) is 0 Å². The van der Waals surface area contributed by atoms with Crippen molar-refractivity contribution in [3.63, 3.8) is 0 Å². The summed E-state index contributed by atoms with van der Waals surface area (Å²) in [6, 6.07) is 3.72. The third kappa shape index (κ3) is 9.10. The Hall–Kier alpha value is 0.260. The number of carbonyl (C=O) groups excluding carboxylic acids is 2. The lowest BCUT2D eigenvalue weighted by molar-refractivity contribution is -0.143. The van der Waals surface area contributed by atoms with Gasteiger partial charge in [-0.1, -0.05) is 0 Å². The topological polar surface area (TPSA) is 113 Å². The van der Waals surface area contributed by atoms with E-state index in [0.29, 0.717) is 5.69 Å². The molecule has 0 unspecified atom stereocenters. The fourth-order valence-electron chi connectivity index (χ4n) is 1.57. The number of ether oxygens (including phenoxy) is 1. The van der Waals surface area contributed by atoms with Crippen LogP contribution >= 0.6 is 67.8 Å². The number of hydrogen-bond acceptors (Lipinski definition) is 6. The Morgan fingerprint density at radius 3 is 2.25 bits per heavy atom. The highest BCUT2D eigenvalue weighted by Gasteiger charge is 2.09. The minimum Gasteiger partial charge on any atom is -0.748 e. The lowest BCUT2D eigenvalue weighted by Gasteiger charge is -2.09. The summed E-state index contributed by atoms with van der Waals surface area (Å²) in [6.45, 7) is -0.462. The quantitative estimate of drug-likeness (QED) is 0.194. The fourth-order valence-corrected chi connectivity index (χ4v) is 3.94. The molecule has 1 amide bonds. The predicted octanol–water partition coefficient (Wildman–Crippen LogP) is 2.70. The third-order valence-electron chi connectivity index (χ3n) is 2.65. The maximum absolute atomic E-state index is 11.9. The van der Waals surface area contributed by atoms with Gasteiger partial charge in [0.1, 0.15) is 6.61 Å². The summed E-state index contributed by atoms with van der Waals surface area (Å²) < 4.78 is 38.9. The van der Waals surface area contributed by atoms with Gasteiger partial charge in [0.25, 0.3) is 0 Å². The van der Waals surface area contributed by atoms with Crippen LogP contribution in [0.15, 0.2) is 12.1 Å². The summed E-state index contributed by atoms with van der Waals surface area (Å²) >= 11 is 6.60. The molecule has 0 atom stereocenters. The lowest BCUT2D eigenvalue weighted by atomic mass is 10.2. The van der Waals surface area contributed by atoms with Gasteiger partial charge in [0, 0.05) is 29.2 Å². The second-order valence-corrected chi connectivity index (χ2v) is 9.56. The van der Waals surface area contributed by atoms with Gasteiger partial charge >= 0.3 is 5.97 Å². The van der Waals surface area contributed by atoms with E-state index >= 15 is 0 Å². The fraction of sp³-hybridized carbons (Fsp3) is 0.385. The average Bonchev–Trinajstić information content (AvgIpc) is 2.43. The Morgan fingerprint density at radius 1 is 1.12 bits per heavy atom. The van der Waals surface area contributed by atoms with Crippen LogP contribution in [0.3, 0.4) is 0 Å². The first-order valence-corrected chi connectivity index (χ1v) is 11.4. The normalized spacial score (nSPS) is 11.2. The first-order chi connectivity index (χ1) is 11.1. The number of rotatable bonds is 8. The highest BCUT2D eigenvalue weighted by molar-refractivity contribution is 14.1. The van der Waals surface area contributed by atoms with E-state index < -0.39 is 28.4 Å².